The molecular weight excluding hydrogens is 469 g/mol. The number of hydrogen-bond donors (Lipinski definition) is 2. The van der Waals surface area contributed by atoms with E-state index in [1.54, 1.807) is 25.3 Å². The van der Waals surface area contributed by atoms with Gasteiger partial charge in [-0.15, -0.1) is 24.0 Å². The smallest absolute Gasteiger partial charge is 0.243 e. The maximum absolute atomic E-state index is 11.9. The lowest BCUT2D eigenvalue weighted by Crippen LogP contribution is -2.48. The van der Waals surface area contributed by atoms with Crippen molar-refractivity contribution in [3.8, 4) is 0 Å². The number of aryl methyl sites for hydroxylation is 1. The van der Waals surface area contributed by atoms with Gasteiger partial charge < -0.3 is 15.5 Å². The highest BCUT2D eigenvalue weighted by molar-refractivity contribution is 14.0. The summed E-state index contributed by atoms with van der Waals surface area (Å²) in [6, 6.07) is 0.232. The highest BCUT2D eigenvalue weighted by atomic mass is 127. The Kier molecular flexibility index (Phi) is 11.4. The predicted octanol–water partition coefficient (Wildman–Crippen LogP) is 2.05. The first-order chi connectivity index (χ1) is 13.0. The molecule has 2 atom stereocenters. The van der Waals surface area contributed by atoms with E-state index in [2.05, 4.69) is 39.6 Å². The van der Waals surface area contributed by atoms with Gasteiger partial charge in [-0.1, -0.05) is 33.1 Å². The number of unbranched alkanes of at least 4 members (excludes halogenated alkanes) is 1. The first-order valence-corrected chi connectivity index (χ1v) is 10.1. The van der Waals surface area contributed by atoms with E-state index in [-0.39, 0.29) is 42.5 Å². The number of amides is 1. The zero-order chi connectivity index (χ0) is 19.6. The molecule has 9 heteroatoms. The normalized spacial score (nSPS) is 17.3. The van der Waals surface area contributed by atoms with Crippen LogP contribution in [-0.4, -0.2) is 64.8 Å². The van der Waals surface area contributed by atoms with Crippen molar-refractivity contribution in [3.63, 3.8) is 0 Å². The molecule has 1 aromatic rings. The van der Waals surface area contributed by atoms with E-state index in [9.17, 15) is 4.79 Å². The van der Waals surface area contributed by atoms with Gasteiger partial charge in [0.15, 0.2) is 5.96 Å². The lowest BCUT2D eigenvalue weighted by Gasteiger charge is -2.26. The van der Waals surface area contributed by atoms with E-state index in [4.69, 9.17) is 0 Å². The minimum Gasteiger partial charge on any atom is -0.356 e. The molecule has 0 spiro atoms. The van der Waals surface area contributed by atoms with Crippen molar-refractivity contribution in [2.24, 2.45) is 10.9 Å². The van der Waals surface area contributed by atoms with Gasteiger partial charge in [0.1, 0.15) is 18.7 Å². The molecule has 2 unspecified atom stereocenters. The third kappa shape index (κ3) is 7.92. The number of likely N-dealkylation sites (N-methyl/N-ethyl adjacent to an activating group) is 1. The van der Waals surface area contributed by atoms with Crippen molar-refractivity contribution < 1.29 is 4.79 Å². The van der Waals surface area contributed by atoms with E-state index < -0.39 is 0 Å². The van der Waals surface area contributed by atoms with Gasteiger partial charge in [-0.25, -0.2) is 14.7 Å². The van der Waals surface area contributed by atoms with Crippen LogP contribution in [0.3, 0.4) is 0 Å². The van der Waals surface area contributed by atoms with Gasteiger partial charge >= 0.3 is 0 Å². The molecule has 0 bridgehead atoms. The number of guanidine groups is 1. The second kappa shape index (κ2) is 12.9. The average Bonchev–Trinajstić information content (AvgIpc) is 3.13. The third-order valence-electron chi connectivity index (χ3n) is 5.12. The summed E-state index contributed by atoms with van der Waals surface area (Å²) in [6.07, 6.45) is 8.31. The molecule has 2 heterocycles. The van der Waals surface area contributed by atoms with Crippen molar-refractivity contribution in [2.45, 2.75) is 65.0 Å². The zero-order valence-electron chi connectivity index (χ0n) is 17.6. The summed E-state index contributed by atoms with van der Waals surface area (Å²) in [7, 11) is 3.51. The van der Waals surface area contributed by atoms with Crippen LogP contribution in [0.5, 0.6) is 0 Å². The molecule has 2 rings (SSSR count). The van der Waals surface area contributed by atoms with Crippen LogP contribution in [0.4, 0.5) is 0 Å². The van der Waals surface area contributed by atoms with E-state index in [0.29, 0.717) is 11.9 Å². The maximum Gasteiger partial charge on any atom is 0.243 e. The average molecular weight is 505 g/mol. The lowest BCUT2D eigenvalue weighted by molar-refractivity contribution is -0.127. The first kappa shape index (κ1) is 24.6. The van der Waals surface area contributed by atoms with Crippen molar-refractivity contribution in [2.75, 3.05) is 27.2 Å². The number of hydrogen-bond acceptors (Lipinski definition) is 4. The number of carbonyl (C=O) groups excluding carboxylic acids is 1. The van der Waals surface area contributed by atoms with Gasteiger partial charge in [0.05, 0.1) is 6.54 Å². The number of aromatic nitrogens is 3. The van der Waals surface area contributed by atoms with Crippen molar-refractivity contribution in [3.05, 3.63) is 12.2 Å². The number of fused-ring (bicyclic) bond motifs is 1. The van der Waals surface area contributed by atoms with E-state index in [0.717, 1.165) is 38.2 Å². The Morgan fingerprint density at radius 1 is 1.43 bits per heavy atom. The summed E-state index contributed by atoms with van der Waals surface area (Å²) >= 11 is 0. The molecule has 8 nitrogen and oxygen atoms in total. The Balaban J connectivity index is 0.00000392. The molecule has 1 aromatic heterocycles. The highest BCUT2D eigenvalue weighted by Crippen LogP contribution is 2.12. The van der Waals surface area contributed by atoms with E-state index in [1.807, 2.05) is 4.68 Å². The van der Waals surface area contributed by atoms with Crippen LogP contribution in [0.2, 0.25) is 0 Å². The van der Waals surface area contributed by atoms with Gasteiger partial charge in [-0.2, -0.15) is 5.10 Å². The van der Waals surface area contributed by atoms with Gasteiger partial charge in [0.2, 0.25) is 5.91 Å². The summed E-state index contributed by atoms with van der Waals surface area (Å²) in [5.74, 6) is 2.37. The molecule has 1 aliphatic heterocycles. The molecule has 160 valence electrons. The second-order valence-corrected chi connectivity index (χ2v) is 7.49. The maximum atomic E-state index is 11.9. The summed E-state index contributed by atoms with van der Waals surface area (Å²) in [5, 5.41) is 11.2. The standard InChI is InChI=1S/C19H35N7O.HI/c1-5-7-8-15(6-2)11-20-19(21-12-18(27)25(3)4)24-16-9-10-17-22-14-23-26(17)13-16;/h14-16H,5-13H2,1-4H3,(H2,20,21,24);1H. The van der Waals surface area contributed by atoms with Crippen LogP contribution in [-0.2, 0) is 17.8 Å². The number of halogens is 1. The lowest BCUT2D eigenvalue weighted by atomic mass is 9.99. The van der Waals surface area contributed by atoms with Crippen molar-refractivity contribution in [1.82, 2.24) is 30.3 Å². The molecule has 28 heavy (non-hydrogen) atoms. The third-order valence-corrected chi connectivity index (χ3v) is 5.12. The molecule has 2 N–H and O–H groups in total. The molecule has 1 aliphatic rings. The van der Waals surface area contributed by atoms with Crippen LogP contribution in [0.15, 0.2) is 11.3 Å². The van der Waals surface area contributed by atoms with Crippen molar-refractivity contribution >= 4 is 35.8 Å². The summed E-state index contributed by atoms with van der Waals surface area (Å²) in [6.45, 7) is 6.25. The monoisotopic (exact) mass is 505 g/mol. The molecule has 0 saturated heterocycles. The molecular formula is C19H36IN7O. The van der Waals surface area contributed by atoms with E-state index in [1.165, 1.54) is 19.3 Å². The minimum absolute atomic E-state index is 0. The zero-order valence-corrected chi connectivity index (χ0v) is 20.0. The van der Waals surface area contributed by atoms with Crippen molar-refractivity contribution in [1.29, 1.82) is 0 Å². The first-order valence-electron chi connectivity index (χ1n) is 10.1. The number of nitrogens with zero attached hydrogens (tertiary/aromatic N) is 5. The van der Waals surface area contributed by atoms with Gasteiger partial charge in [0, 0.05) is 33.1 Å². The Morgan fingerprint density at radius 2 is 2.21 bits per heavy atom. The van der Waals surface area contributed by atoms with Crippen LogP contribution in [0.25, 0.3) is 0 Å². The summed E-state index contributed by atoms with van der Waals surface area (Å²) < 4.78 is 1.94. The highest BCUT2D eigenvalue weighted by Gasteiger charge is 2.21. The fraction of sp³-hybridized carbons (Fsp3) is 0.789. The Bertz CT molecular complexity index is 617. The number of nitrogens with one attached hydrogen (secondary N) is 2. The second-order valence-electron chi connectivity index (χ2n) is 7.49. The molecule has 1 amide bonds. The molecule has 0 aromatic carbocycles. The molecule has 0 radical (unpaired) electrons. The van der Waals surface area contributed by atoms with Gasteiger partial charge in [0.25, 0.3) is 0 Å². The number of aliphatic imine (C=N–C) groups is 1. The van der Waals surface area contributed by atoms with E-state index >= 15 is 0 Å². The molecule has 0 aliphatic carbocycles. The Labute approximate surface area is 186 Å². The molecule has 0 saturated carbocycles. The van der Waals surface area contributed by atoms with Gasteiger partial charge in [-0.05, 0) is 18.8 Å². The SMILES string of the molecule is CCCCC(CC)CNC(=NCC(=O)N(C)C)NC1CCc2ncnn2C1.I. The van der Waals surface area contributed by atoms with Crippen LogP contribution in [0, 0.1) is 5.92 Å². The molecule has 0 fully saturated rings. The van der Waals surface area contributed by atoms with Crippen LogP contribution < -0.4 is 10.6 Å². The summed E-state index contributed by atoms with van der Waals surface area (Å²) in [4.78, 5) is 22.3. The fourth-order valence-electron chi connectivity index (χ4n) is 3.17. The van der Waals surface area contributed by atoms with Crippen LogP contribution in [0.1, 0.15) is 51.8 Å². The quantitative estimate of drug-likeness (QED) is 0.305. The fourth-order valence-corrected chi connectivity index (χ4v) is 3.17. The topological polar surface area (TPSA) is 87.4 Å². The summed E-state index contributed by atoms with van der Waals surface area (Å²) in [5.41, 5.74) is 0. The van der Waals surface area contributed by atoms with Crippen LogP contribution >= 0.6 is 24.0 Å². The van der Waals surface area contributed by atoms with Gasteiger partial charge in [-0.3, -0.25) is 4.79 Å². The predicted molar refractivity (Wildman–Crippen MR) is 123 cm³/mol. The number of carbonyl (C=O) groups is 1. The largest absolute Gasteiger partial charge is 0.356 e. The Morgan fingerprint density at radius 3 is 2.89 bits per heavy atom. The minimum atomic E-state index is -0.00340. The number of rotatable bonds is 9. The Hall–Kier alpha value is -1.39.